The van der Waals surface area contributed by atoms with Crippen molar-refractivity contribution in [3.63, 3.8) is 0 Å². The van der Waals surface area contributed by atoms with E-state index in [9.17, 15) is 4.79 Å². The largest absolute Gasteiger partial charge is 0.493 e. The Kier molecular flexibility index (Phi) is 6.90. The summed E-state index contributed by atoms with van der Waals surface area (Å²) in [6.45, 7) is 5.37. The highest BCUT2D eigenvalue weighted by Gasteiger charge is 2.19. The third-order valence-corrected chi connectivity index (χ3v) is 5.88. The van der Waals surface area contributed by atoms with Crippen LogP contribution in [0.4, 0.5) is 0 Å². The zero-order chi connectivity index (χ0) is 22.5. The van der Waals surface area contributed by atoms with E-state index >= 15 is 0 Å². The number of aryl methyl sites for hydroxylation is 2. The molecule has 1 amide bonds. The lowest BCUT2D eigenvalue weighted by Gasteiger charge is -2.17. The molecular weight excluding hydrogens is 466 g/mol. The topological polar surface area (TPSA) is 56.1 Å². The van der Waals surface area contributed by atoms with E-state index in [1.807, 2.05) is 74.5 Å². The average molecular weight is 492 g/mol. The summed E-state index contributed by atoms with van der Waals surface area (Å²) in [5.74, 6) is 1.63. The highest BCUT2D eigenvalue weighted by Crippen LogP contribution is 2.23. The summed E-state index contributed by atoms with van der Waals surface area (Å²) in [6, 6.07) is 23.2. The number of hydrogen-bond acceptors (Lipinski definition) is 3. The predicted octanol–water partition coefficient (Wildman–Crippen LogP) is 6.07. The van der Waals surface area contributed by atoms with Gasteiger partial charge in [-0.2, -0.15) is 0 Å². The molecule has 0 fully saturated rings. The van der Waals surface area contributed by atoms with Crippen LogP contribution in [0.25, 0.3) is 11.0 Å². The number of para-hydroxylation sites is 3. The van der Waals surface area contributed by atoms with Gasteiger partial charge in [-0.3, -0.25) is 4.79 Å². The maximum atomic E-state index is 12.8. The minimum absolute atomic E-state index is 0.125. The van der Waals surface area contributed by atoms with Gasteiger partial charge in [-0.15, -0.1) is 0 Å². The van der Waals surface area contributed by atoms with Gasteiger partial charge in [0.25, 0.3) is 5.91 Å². The molecule has 4 aromatic rings. The quantitative estimate of drug-likeness (QED) is 0.304. The molecule has 0 bridgehead atoms. The minimum Gasteiger partial charge on any atom is -0.493 e. The highest BCUT2D eigenvalue weighted by atomic mass is 79.9. The molecule has 0 saturated heterocycles. The Morgan fingerprint density at radius 1 is 1.09 bits per heavy atom. The van der Waals surface area contributed by atoms with E-state index in [2.05, 4.69) is 31.9 Å². The van der Waals surface area contributed by atoms with Crippen molar-refractivity contribution in [1.82, 2.24) is 14.9 Å². The Morgan fingerprint density at radius 2 is 1.88 bits per heavy atom. The molecule has 1 N–H and O–H groups in total. The Hall–Kier alpha value is -3.12. The molecule has 1 unspecified atom stereocenters. The lowest BCUT2D eigenvalue weighted by atomic mass is 10.2. The van der Waals surface area contributed by atoms with Gasteiger partial charge in [0, 0.05) is 16.6 Å². The van der Waals surface area contributed by atoms with Crippen LogP contribution in [0.3, 0.4) is 0 Å². The van der Waals surface area contributed by atoms with Crippen molar-refractivity contribution in [3.05, 3.63) is 94.2 Å². The van der Waals surface area contributed by atoms with E-state index in [-0.39, 0.29) is 11.9 Å². The van der Waals surface area contributed by atoms with Crippen LogP contribution in [0.2, 0.25) is 0 Å². The minimum atomic E-state index is -0.244. The van der Waals surface area contributed by atoms with Crippen molar-refractivity contribution in [2.45, 2.75) is 32.9 Å². The van der Waals surface area contributed by atoms with Gasteiger partial charge in [-0.25, -0.2) is 4.98 Å². The standard InChI is InChI=1S/C26H26BrN3O2/c1-18-9-3-6-14-24(18)32-16-8-15-30-23-13-5-4-12-22(23)29-25(30)19(2)28-26(31)20-10-7-11-21(27)17-20/h3-7,9-14,17,19H,8,15-16H2,1-2H3,(H,28,31). The van der Waals surface area contributed by atoms with Gasteiger partial charge < -0.3 is 14.6 Å². The van der Waals surface area contributed by atoms with E-state index in [1.165, 1.54) is 0 Å². The lowest BCUT2D eigenvalue weighted by Crippen LogP contribution is -2.28. The second-order valence-corrected chi connectivity index (χ2v) is 8.70. The number of carbonyl (C=O) groups is 1. The van der Waals surface area contributed by atoms with Crippen molar-refractivity contribution in [2.75, 3.05) is 6.61 Å². The summed E-state index contributed by atoms with van der Waals surface area (Å²) >= 11 is 3.42. The van der Waals surface area contributed by atoms with Crippen LogP contribution >= 0.6 is 15.9 Å². The molecule has 1 heterocycles. The number of amides is 1. The fourth-order valence-electron chi connectivity index (χ4n) is 3.76. The van der Waals surface area contributed by atoms with Crippen LogP contribution < -0.4 is 10.1 Å². The maximum Gasteiger partial charge on any atom is 0.251 e. The van der Waals surface area contributed by atoms with Crippen LogP contribution in [0.1, 0.15) is 41.1 Å². The van der Waals surface area contributed by atoms with Crippen molar-refractivity contribution in [3.8, 4) is 5.75 Å². The summed E-state index contributed by atoms with van der Waals surface area (Å²) in [5, 5.41) is 3.09. The third kappa shape index (κ3) is 5.02. The van der Waals surface area contributed by atoms with Gasteiger partial charge in [0.05, 0.1) is 23.7 Å². The first kappa shape index (κ1) is 22.1. The number of nitrogens with zero attached hydrogens (tertiary/aromatic N) is 2. The average Bonchev–Trinajstić information content (AvgIpc) is 3.16. The Balaban J connectivity index is 1.49. The summed E-state index contributed by atoms with van der Waals surface area (Å²) in [5.41, 5.74) is 3.72. The van der Waals surface area contributed by atoms with Gasteiger partial charge in [0.15, 0.2) is 0 Å². The van der Waals surface area contributed by atoms with Gasteiger partial charge in [-0.05, 0) is 62.2 Å². The smallest absolute Gasteiger partial charge is 0.251 e. The van der Waals surface area contributed by atoms with Crippen LogP contribution in [0, 0.1) is 6.92 Å². The first-order valence-corrected chi connectivity index (χ1v) is 11.5. The van der Waals surface area contributed by atoms with Crippen molar-refractivity contribution < 1.29 is 9.53 Å². The molecular formula is C26H26BrN3O2. The molecule has 1 atom stereocenters. The maximum absolute atomic E-state index is 12.8. The molecule has 3 aromatic carbocycles. The number of benzene rings is 3. The molecule has 6 heteroatoms. The van der Waals surface area contributed by atoms with Crippen LogP contribution in [-0.4, -0.2) is 22.1 Å². The second-order valence-electron chi connectivity index (χ2n) is 7.78. The molecule has 164 valence electrons. The molecule has 0 saturated carbocycles. The normalized spacial score (nSPS) is 12.0. The van der Waals surface area contributed by atoms with Gasteiger partial charge in [0.1, 0.15) is 11.6 Å². The zero-order valence-corrected chi connectivity index (χ0v) is 19.8. The molecule has 0 aliphatic carbocycles. The van der Waals surface area contributed by atoms with Gasteiger partial charge in [-0.1, -0.05) is 52.3 Å². The number of fused-ring (bicyclic) bond motifs is 1. The van der Waals surface area contributed by atoms with Crippen molar-refractivity contribution in [1.29, 1.82) is 0 Å². The number of rotatable bonds is 8. The summed E-state index contributed by atoms with van der Waals surface area (Å²) in [4.78, 5) is 17.6. The molecule has 0 radical (unpaired) electrons. The SMILES string of the molecule is Cc1ccccc1OCCCn1c(C(C)NC(=O)c2cccc(Br)c2)nc2ccccc21. The second kappa shape index (κ2) is 10.0. The van der Waals surface area contributed by atoms with Crippen LogP contribution in [0.15, 0.2) is 77.3 Å². The first-order chi connectivity index (χ1) is 15.5. The van der Waals surface area contributed by atoms with Gasteiger partial charge in [0.2, 0.25) is 0 Å². The van der Waals surface area contributed by atoms with Crippen molar-refractivity contribution >= 4 is 32.9 Å². The van der Waals surface area contributed by atoms with E-state index in [0.29, 0.717) is 12.2 Å². The number of hydrogen-bond donors (Lipinski definition) is 1. The molecule has 32 heavy (non-hydrogen) atoms. The predicted molar refractivity (Wildman–Crippen MR) is 131 cm³/mol. The molecule has 0 aliphatic heterocycles. The fraction of sp³-hybridized carbons (Fsp3) is 0.231. The monoisotopic (exact) mass is 491 g/mol. The van der Waals surface area contributed by atoms with Gasteiger partial charge >= 0.3 is 0 Å². The molecule has 4 rings (SSSR count). The first-order valence-electron chi connectivity index (χ1n) is 10.7. The van der Waals surface area contributed by atoms with E-state index in [0.717, 1.165) is 45.6 Å². The number of ether oxygens (including phenoxy) is 1. The Labute approximate surface area is 196 Å². The Morgan fingerprint density at radius 3 is 2.69 bits per heavy atom. The third-order valence-electron chi connectivity index (χ3n) is 5.38. The van der Waals surface area contributed by atoms with Crippen molar-refractivity contribution in [2.24, 2.45) is 0 Å². The number of nitrogens with one attached hydrogen (secondary N) is 1. The number of imidazole rings is 1. The van der Waals surface area contributed by atoms with E-state index < -0.39 is 0 Å². The van der Waals surface area contributed by atoms with E-state index in [1.54, 1.807) is 6.07 Å². The lowest BCUT2D eigenvalue weighted by molar-refractivity contribution is 0.0937. The molecule has 0 aliphatic rings. The fourth-order valence-corrected chi connectivity index (χ4v) is 4.16. The molecule has 5 nitrogen and oxygen atoms in total. The van der Waals surface area contributed by atoms with Crippen LogP contribution in [-0.2, 0) is 6.54 Å². The summed E-state index contributed by atoms with van der Waals surface area (Å²) < 4.78 is 9.03. The Bertz CT molecular complexity index is 1230. The number of carbonyl (C=O) groups excluding carboxylic acids is 1. The van der Waals surface area contributed by atoms with Crippen LogP contribution in [0.5, 0.6) is 5.75 Å². The summed E-state index contributed by atoms with van der Waals surface area (Å²) in [7, 11) is 0. The highest BCUT2D eigenvalue weighted by molar-refractivity contribution is 9.10. The van der Waals surface area contributed by atoms with E-state index in [4.69, 9.17) is 9.72 Å². The number of aromatic nitrogens is 2. The zero-order valence-electron chi connectivity index (χ0n) is 18.2. The molecule has 1 aromatic heterocycles. The summed E-state index contributed by atoms with van der Waals surface area (Å²) in [6.07, 6.45) is 0.827. The number of halogens is 1. The molecule has 0 spiro atoms.